The third kappa shape index (κ3) is 2.22. The molecular weight excluding hydrogens is 224 g/mol. The smallest absolute Gasteiger partial charge is 0.0210 e. The van der Waals surface area contributed by atoms with Crippen molar-refractivity contribution in [1.29, 1.82) is 0 Å². The average Bonchev–Trinajstić information content (AvgIpc) is 2.16. The molecule has 0 nitrogen and oxygen atoms in total. The number of hydrogen-bond acceptors (Lipinski definition) is 0. The lowest BCUT2D eigenvalue weighted by Crippen LogP contribution is -1.96. The highest BCUT2D eigenvalue weighted by atomic mass is 79.9. The molecule has 1 aromatic carbocycles. The largest absolute Gasteiger partial charge is 0.102 e. The van der Waals surface area contributed by atoms with Gasteiger partial charge in [-0.2, -0.15) is 0 Å². The zero-order chi connectivity index (χ0) is 9.84. The highest BCUT2D eigenvalue weighted by Crippen LogP contribution is 2.27. The van der Waals surface area contributed by atoms with E-state index in [0.29, 0.717) is 0 Å². The Labute approximate surface area is 88.8 Å². The molecule has 0 amide bonds. The van der Waals surface area contributed by atoms with Crippen LogP contribution in [-0.4, -0.2) is 0 Å². The number of benzene rings is 1. The standard InChI is InChI=1S/C12H14Br/c1-4-9(3)11-7-6-8-12(13)10(11)5-2/h4,6-9H,1,3,5H2,2H3. The van der Waals surface area contributed by atoms with Gasteiger partial charge < -0.3 is 0 Å². The van der Waals surface area contributed by atoms with Gasteiger partial charge in [-0.1, -0.05) is 41.1 Å². The molecule has 0 aliphatic heterocycles. The van der Waals surface area contributed by atoms with E-state index in [1.54, 1.807) is 0 Å². The summed E-state index contributed by atoms with van der Waals surface area (Å²) in [6.45, 7) is 9.95. The van der Waals surface area contributed by atoms with E-state index in [9.17, 15) is 0 Å². The molecule has 0 saturated carbocycles. The van der Waals surface area contributed by atoms with Crippen molar-refractivity contribution in [2.45, 2.75) is 19.3 Å². The van der Waals surface area contributed by atoms with Gasteiger partial charge in [0.05, 0.1) is 0 Å². The van der Waals surface area contributed by atoms with Gasteiger partial charge in [0.25, 0.3) is 0 Å². The summed E-state index contributed by atoms with van der Waals surface area (Å²) in [5, 5.41) is 0. The minimum atomic E-state index is 0.187. The Morgan fingerprint density at radius 1 is 1.54 bits per heavy atom. The molecule has 0 fully saturated rings. The van der Waals surface area contributed by atoms with Gasteiger partial charge in [0.15, 0.2) is 0 Å². The molecular formula is C12H14Br. The molecule has 1 rings (SSSR count). The van der Waals surface area contributed by atoms with Crippen LogP contribution in [0.3, 0.4) is 0 Å². The van der Waals surface area contributed by atoms with Crippen molar-refractivity contribution in [2.24, 2.45) is 0 Å². The molecule has 1 radical (unpaired) electrons. The molecule has 0 aliphatic rings. The number of hydrogen-bond donors (Lipinski definition) is 0. The monoisotopic (exact) mass is 237 g/mol. The molecule has 0 N–H and O–H groups in total. The van der Waals surface area contributed by atoms with Crippen LogP contribution < -0.4 is 0 Å². The van der Waals surface area contributed by atoms with Crippen molar-refractivity contribution < 1.29 is 0 Å². The van der Waals surface area contributed by atoms with E-state index in [1.165, 1.54) is 15.6 Å². The van der Waals surface area contributed by atoms with Crippen molar-refractivity contribution in [3.63, 3.8) is 0 Å². The minimum absolute atomic E-state index is 0.187. The fourth-order valence-corrected chi connectivity index (χ4v) is 2.08. The first-order chi connectivity index (χ1) is 6.20. The molecule has 1 atom stereocenters. The van der Waals surface area contributed by atoms with Crippen LogP contribution in [0.2, 0.25) is 0 Å². The van der Waals surface area contributed by atoms with Crippen LogP contribution in [0.15, 0.2) is 35.3 Å². The summed E-state index contributed by atoms with van der Waals surface area (Å²) >= 11 is 3.54. The van der Waals surface area contributed by atoms with E-state index < -0.39 is 0 Å². The topological polar surface area (TPSA) is 0 Å². The van der Waals surface area contributed by atoms with Crippen LogP contribution in [0, 0.1) is 6.92 Å². The Hall–Kier alpha value is -0.560. The molecule has 0 spiro atoms. The predicted molar refractivity (Wildman–Crippen MR) is 61.8 cm³/mol. The zero-order valence-electron chi connectivity index (χ0n) is 7.89. The lowest BCUT2D eigenvalue weighted by atomic mass is 9.94. The molecule has 0 aromatic heterocycles. The lowest BCUT2D eigenvalue weighted by Gasteiger charge is -2.13. The second-order valence-electron chi connectivity index (χ2n) is 3.00. The summed E-state index contributed by atoms with van der Waals surface area (Å²) in [7, 11) is 0. The Kier molecular flexibility index (Phi) is 3.73. The summed E-state index contributed by atoms with van der Waals surface area (Å²) < 4.78 is 1.17. The molecule has 1 aromatic rings. The van der Waals surface area contributed by atoms with Gasteiger partial charge in [-0.25, -0.2) is 0 Å². The SMILES string of the molecule is [CH2]C(C=C)c1cccc(Br)c1CC. The summed E-state index contributed by atoms with van der Waals surface area (Å²) in [6, 6.07) is 6.22. The van der Waals surface area contributed by atoms with Gasteiger partial charge in [-0.15, -0.1) is 6.58 Å². The highest BCUT2D eigenvalue weighted by molar-refractivity contribution is 9.10. The van der Waals surface area contributed by atoms with Crippen molar-refractivity contribution in [3.05, 3.63) is 53.4 Å². The number of halogens is 1. The molecule has 13 heavy (non-hydrogen) atoms. The van der Waals surface area contributed by atoms with Gasteiger partial charge in [0.2, 0.25) is 0 Å². The first kappa shape index (κ1) is 10.5. The van der Waals surface area contributed by atoms with Crippen LogP contribution in [0.5, 0.6) is 0 Å². The normalized spacial score (nSPS) is 12.5. The van der Waals surface area contributed by atoms with E-state index in [0.717, 1.165) is 6.42 Å². The fraction of sp³-hybridized carbons (Fsp3) is 0.250. The van der Waals surface area contributed by atoms with Crippen molar-refractivity contribution in [3.8, 4) is 0 Å². The molecule has 1 unspecified atom stereocenters. The molecule has 0 saturated heterocycles. The Morgan fingerprint density at radius 2 is 2.23 bits per heavy atom. The van der Waals surface area contributed by atoms with Crippen LogP contribution in [0.4, 0.5) is 0 Å². The second kappa shape index (κ2) is 4.61. The van der Waals surface area contributed by atoms with Crippen LogP contribution in [-0.2, 0) is 6.42 Å². The van der Waals surface area contributed by atoms with Gasteiger partial charge in [-0.05, 0) is 30.5 Å². The molecule has 0 heterocycles. The maximum absolute atomic E-state index is 4.04. The first-order valence-corrected chi connectivity index (χ1v) is 5.23. The highest BCUT2D eigenvalue weighted by Gasteiger charge is 2.08. The van der Waals surface area contributed by atoms with Gasteiger partial charge in [-0.3, -0.25) is 0 Å². The fourth-order valence-electron chi connectivity index (χ4n) is 1.42. The van der Waals surface area contributed by atoms with Crippen LogP contribution >= 0.6 is 15.9 Å². The maximum Gasteiger partial charge on any atom is 0.0210 e. The van der Waals surface area contributed by atoms with E-state index in [1.807, 2.05) is 12.1 Å². The zero-order valence-corrected chi connectivity index (χ0v) is 9.47. The van der Waals surface area contributed by atoms with Crippen molar-refractivity contribution in [1.82, 2.24) is 0 Å². The Bertz CT molecular complexity index is 302. The molecule has 0 aliphatic carbocycles. The van der Waals surface area contributed by atoms with E-state index in [-0.39, 0.29) is 5.92 Å². The van der Waals surface area contributed by atoms with E-state index in [2.05, 4.69) is 48.5 Å². The second-order valence-corrected chi connectivity index (χ2v) is 3.86. The van der Waals surface area contributed by atoms with E-state index in [4.69, 9.17) is 0 Å². The third-order valence-corrected chi connectivity index (χ3v) is 2.94. The minimum Gasteiger partial charge on any atom is -0.102 e. The van der Waals surface area contributed by atoms with E-state index >= 15 is 0 Å². The maximum atomic E-state index is 4.04. The molecule has 0 bridgehead atoms. The Balaban J connectivity index is 3.19. The number of allylic oxidation sites excluding steroid dienone is 1. The lowest BCUT2D eigenvalue weighted by molar-refractivity contribution is 0.999. The van der Waals surface area contributed by atoms with Gasteiger partial charge in [0, 0.05) is 10.4 Å². The first-order valence-electron chi connectivity index (χ1n) is 4.43. The summed E-state index contributed by atoms with van der Waals surface area (Å²) in [6.07, 6.45) is 2.90. The summed E-state index contributed by atoms with van der Waals surface area (Å²) in [5.41, 5.74) is 2.61. The number of rotatable bonds is 3. The average molecular weight is 238 g/mol. The van der Waals surface area contributed by atoms with Crippen LogP contribution in [0.25, 0.3) is 0 Å². The third-order valence-electron chi connectivity index (χ3n) is 2.19. The molecule has 1 heteroatoms. The van der Waals surface area contributed by atoms with Gasteiger partial charge in [0.1, 0.15) is 0 Å². The van der Waals surface area contributed by atoms with Crippen molar-refractivity contribution >= 4 is 15.9 Å². The van der Waals surface area contributed by atoms with Crippen molar-refractivity contribution in [2.75, 3.05) is 0 Å². The summed E-state index contributed by atoms with van der Waals surface area (Å²) in [5.74, 6) is 0.187. The van der Waals surface area contributed by atoms with Gasteiger partial charge >= 0.3 is 0 Å². The summed E-state index contributed by atoms with van der Waals surface area (Å²) in [4.78, 5) is 0. The quantitative estimate of drug-likeness (QED) is 0.695. The Morgan fingerprint density at radius 3 is 2.77 bits per heavy atom. The van der Waals surface area contributed by atoms with Crippen LogP contribution in [0.1, 0.15) is 24.0 Å². The predicted octanol–water partition coefficient (Wildman–Crippen LogP) is 4.12. The molecule has 69 valence electrons.